The number of nitrogens with zero attached hydrogens (tertiary/aromatic N) is 1. The van der Waals surface area contributed by atoms with Crippen molar-refractivity contribution in [1.82, 2.24) is 4.98 Å². The van der Waals surface area contributed by atoms with Gasteiger partial charge in [-0.3, -0.25) is 4.98 Å². The summed E-state index contributed by atoms with van der Waals surface area (Å²) in [6, 6.07) is 8.25. The maximum atomic E-state index is 5.44. The Hall–Kier alpha value is -0.880. The molecule has 3 aromatic heterocycles. The van der Waals surface area contributed by atoms with Crippen molar-refractivity contribution < 1.29 is 0 Å². The molecule has 0 unspecified atom stereocenters. The van der Waals surface area contributed by atoms with Crippen molar-refractivity contribution >= 4 is 44.2 Å². The monoisotopic (exact) mass is 293 g/mol. The topological polar surface area (TPSA) is 12.9 Å². The largest absolute Gasteiger partial charge is 0.265 e. The number of pyridine rings is 1. The van der Waals surface area contributed by atoms with Gasteiger partial charge in [0.15, 0.2) is 0 Å². The zero-order valence-electron chi connectivity index (χ0n) is 8.62. The number of hydrogen-bond donors (Lipinski definition) is 0. The standard InChI is InChI=1S/C12H7NS4/c14-12-10(9-2-1-7-15-9)11(16-17-12)8-3-5-13-6-4-8/h1-7H. The van der Waals surface area contributed by atoms with E-state index in [0.717, 1.165) is 3.82 Å². The first-order valence-electron chi connectivity index (χ1n) is 4.93. The molecular formula is C12H7NS4. The van der Waals surface area contributed by atoms with Crippen LogP contribution in [0, 0.1) is 3.82 Å². The van der Waals surface area contributed by atoms with Crippen LogP contribution in [0.3, 0.4) is 0 Å². The molecule has 0 fully saturated rings. The Balaban J connectivity index is 2.24. The Kier molecular flexibility index (Phi) is 3.15. The molecule has 0 N–H and O–H groups in total. The lowest BCUT2D eigenvalue weighted by molar-refractivity contribution is 1.33. The number of thiophene rings is 1. The number of aromatic nitrogens is 1. The van der Waals surface area contributed by atoms with Crippen LogP contribution in [0.1, 0.15) is 0 Å². The van der Waals surface area contributed by atoms with Crippen molar-refractivity contribution in [3.63, 3.8) is 0 Å². The van der Waals surface area contributed by atoms with Gasteiger partial charge in [-0.25, -0.2) is 0 Å². The molecule has 5 heteroatoms. The highest BCUT2D eigenvalue weighted by molar-refractivity contribution is 7.80. The lowest BCUT2D eigenvalue weighted by Gasteiger charge is -2.00. The third kappa shape index (κ3) is 2.11. The Morgan fingerprint density at radius 3 is 2.59 bits per heavy atom. The van der Waals surface area contributed by atoms with Crippen molar-refractivity contribution in [3.8, 4) is 20.9 Å². The smallest absolute Gasteiger partial charge is 0.111 e. The van der Waals surface area contributed by atoms with Crippen LogP contribution in [0.4, 0.5) is 0 Å². The van der Waals surface area contributed by atoms with E-state index in [-0.39, 0.29) is 0 Å². The van der Waals surface area contributed by atoms with E-state index >= 15 is 0 Å². The second kappa shape index (κ2) is 4.78. The first kappa shape index (κ1) is 11.2. The lowest BCUT2D eigenvalue weighted by Crippen LogP contribution is -1.77. The molecule has 17 heavy (non-hydrogen) atoms. The zero-order valence-corrected chi connectivity index (χ0v) is 11.9. The maximum Gasteiger partial charge on any atom is 0.111 e. The Bertz CT molecular complexity index is 664. The molecule has 0 atom stereocenters. The summed E-state index contributed by atoms with van der Waals surface area (Å²) in [5.41, 5.74) is 2.40. The van der Waals surface area contributed by atoms with Gasteiger partial charge < -0.3 is 0 Å². The maximum absolute atomic E-state index is 5.44. The van der Waals surface area contributed by atoms with E-state index < -0.39 is 0 Å². The minimum Gasteiger partial charge on any atom is -0.265 e. The highest BCUT2D eigenvalue weighted by Gasteiger charge is 2.13. The molecule has 0 aliphatic rings. The number of hydrogen-bond acceptors (Lipinski definition) is 5. The van der Waals surface area contributed by atoms with Crippen molar-refractivity contribution in [3.05, 3.63) is 45.9 Å². The summed E-state index contributed by atoms with van der Waals surface area (Å²) < 4.78 is 0.976. The molecule has 0 radical (unpaired) electrons. The molecule has 0 aliphatic heterocycles. The van der Waals surface area contributed by atoms with Gasteiger partial charge in [0.2, 0.25) is 0 Å². The lowest BCUT2D eigenvalue weighted by atomic mass is 10.1. The number of rotatable bonds is 2. The molecule has 0 saturated heterocycles. The third-order valence-corrected chi connectivity index (χ3v) is 6.30. The second-order valence-electron chi connectivity index (χ2n) is 3.37. The van der Waals surface area contributed by atoms with Crippen LogP contribution in [-0.2, 0) is 0 Å². The molecule has 0 spiro atoms. The summed E-state index contributed by atoms with van der Waals surface area (Å²) in [5.74, 6) is 0. The highest BCUT2D eigenvalue weighted by atomic mass is 32.9. The van der Waals surface area contributed by atoms with E-state index in [1.807, 2.05) is 24.5 Å². The van der Waals surface area contributed by atoms with Gasteiger partial charge in [-0.2, -0.15) is 0 Å². The minimum absolute atomic E-state index is 0.976. The summed E-state index contributed by atoms with van der Waals surface area (Å²) in [6.07, 6.45) is 3.64. The molecule has 1 nitrogen and oxygen atoms in total. The van der Waals surface area contributed by atoms with E-state index in [0.29, 0.717) is 0 Å². The molecule has 84 valence electrons. The normalized spacial score (nSPS) is 10.6. The van der Waals surface area contributed by atoms with Crippen LogP contribution >= 0.6 is 44.2 Å². The van der Waals surface area contributed by atoms with Gasteiger partial charge in [0.05, 0.1) is 4.88 Å². The van der Waals surface area contributed by atoms with Crippen LogP contribution in [-0.4, -0.2) is 4.98 Å². The summed E-state index contributed by atoms with van der Waals surface area (Å²) in [4.78, 5) is 6.56. The summed E-state index contributed by atoms with van der Waals surface area (Å²) in [7, 11) is 3.41. The fourth-order valence-electron chi connectivity index (χ4n) is 1.58. The molecule has 0 aromatic carbocycles. The van der Waals surface area contributed by atoms with Gasteiger partial charge in [-0.15, -0.1) is 11.3 Å². The first-order valence-corrected chi connectivity index (χ1v) is 8.37. The van der Waals surface area contributed by atoms with Crippen LogP contribution in [0.15, 0.2) is 42.0 Å². The summed E-state index contributed by atoms with van der Waals surface area (Å²) >= 11 is 7.18. The molecular weight excluding hydrogens is 286 g/mol. The van der Waals surface area contributed by atoms with Crippen LogP contribution < -0.4 is 0 Å². The Morgan fingerprint density at radius 2 is 1.88 bits per heavy atom. The van der Waals surface area contributed by atoms with Gasteiger partial charge in [-0.05, 0) is 29.1 Å². The zero-order chi connectivity index (χ0) is 11.7. The molecule has 3 aromatic rings. The van der Waals surface area contributed by atoms with Gasteiger partial charge in [0.25, 0.3) is 0 Å². The average molecular weight is 293 g/mol. The van der Waals surface area contributed by atoms with E-state index in [2.05, 4.69) is 22.5 Å². The molecule has 0 aliphatic carbocycles. The van der Waals surface area contributed by atoms with Crippen molar-refractivity contribution in [1.29, 1.82) is 0 Å². The van der Waals surface area contributed by atoms with Crippen molar-refractivity contribution in [2.45, 2.75) is 0 Å². The van der Waals surface area contributed by atoms with Gasteiger partial charge in [0.1, 0.15) is 3.82 Å². The molecule has 3 heterocycles. The predicted octanol–water partition coefficient (Wildman–Crippen LogP) is 5.33. The minimum atomic E-state index is 0.976. The molecule has 0 saturated carbocycles. The SMILES string of the molecule is S=c1ssc(-c2ccncc2)c1-c1cccs1. The fourth-order valence-corrected chi connectivity index (χ4v) is 5.46. The Labute approximate surface area is 115 Å². The van der Waals surface area contributed by atoms with E-state index in [9.17, 15) is 0 Å². The van der Waals surface area contributed by atoms with Gasteiger partial charge in [-0.1, -0.05) is 39.0 Å². The molecule has 0 bridgehead atoms. The van der Waals surface area contributed by atoms with E-state index in [1.165, 1.54) is 20.9 Å². The molecule has 0 amide bonds. The van der Waals surface area contributed by atoms with Gasteiger partial charge in [0, 0.05) is 22.8 Å². The first-order chi connectivity index (χ1) is 8.36. The van der Waals surface area contributed by atoms with Crippen molar-refractivity contribution in [2.24, 2.45) is 0 Å². The van der Waals surface area contributed by atoms with Crippen LogP contribution in [0.25, 0.3) is 20.9 Å². The van der Waals surface area contributed by atoms with E-state index in [1.54, 1.807) is 32.0 Å². The quantitative estimate of drug-likeness (QED) is 0.468. The third-order valence-electron chi connectivity index (χ3n) is 2.34. The van der Waals surface area contributed by atoms with Gasteiger partial charge >= 0.3 is 0 Å². The molecule has 3 rings (SSSR count). The van der Waals surface area contributed by atoms with Crippen molar-refractivity contribution in [2.75, 3.05) is 0 Å². The summed E-state index contributed by atoms with van der Waals surface area (Å²) in [6.45, 7) is 0. The summed E-state index contributed by atoms with van der Waals surface area (Å²) in [5, 5.41) is 2.09. The van der Waals surface area contributed by atoms with Crippen LogP contribution in [0.5, 0.6) is 0 Å². The Morgan fingerprint density at radius 1 is 1.06 bits per heavy atom. The fraction of sp³-hybridized carbons (Fsp3) is 0. The second-order valence-corrected chi connectivity index (χ2v) is 7.14. The van der Waals surface area contributed by atoms with Crippen LogP contribution in [0.2, 0.25) is 0 Å². The predicted molar refractivity (Wildman–Crippen MR) is 79.6 cm³/mol. The average Bonchev–Trinajstić information content (AvgIpc) is 2.99. The highest BCUT2D eigenvalue weighted by Crippen LogP contribution is 2.42. The van der Waals surface area contributed by atoms with E-state index in [4.69, 9.17) is 12.2 Å².